The van der Waals surface area contributed by atoms with Gasteiger partial charge in [-0.05, 0) is 62.4 Å². The second-order valence-electron chi connectivity index (χ2n) is 7.41. The van der Waals surface area contributed by atoms with Crippen LogP contribution in [0.2, 0.25) is 0 Å². The smallest absolute Gasteiger partial charge is 0.228 e. The summed E-state index contributed by atoms with van der Waals surface area (Å²) in [5, 5.41) is 0. The first-order valence-corrected chi connectivity index (χ1v) is 9.34. The van der Waals surface area contributed by atoms with E-state index in [0.717, 1.165) is 31.5 Å². The van der Waals surface area contributed by atoms with Gasteiger partial charge in [0.1, 0.15) is 0 Å². The number of aromatic nitrogens is 1. The van der Waals surface area contributed by atoms with Gasteiger partial charge >= 0.3 is 0 Å². The van der Waals surface area contributed by atoms with Crippen LogP contribution in [-0.2, 0) is 9.53 Å². The normalized spacial score (nSPS) is 31.0. The number of likely N-dealkylation sites (tertiary alicyclic amines) is 2. The highest BCUT2D eigenvalue weighted by atomic mass is 16.5. The van der Waals surface area contributed by atoms with Crippen LogP contribution in [0.4, 0.5) is 0 Å². The number of hydrogen-bond acceptors (Lipinski definition) is 4. The molecule has 3 fully saturated rings. The van der Waals surface area contributed by atoms with Gasteiger partial charge in [-0.15, -0.1) is 0 Å². The van der Waals surface area contributed by atoms with Gasteiger partial charge < -0.3 is 14.5 Å². The van der Waals surface area contributed by atoms with Gasteiger partial charge in [-0.25, -0.2) is 0 Å². The van der Waals surface area contributed by atoms with Gasteiger partial charge in [-0.3, -0.25) is 9.78 Å². The second kappa shape index (κ2) is 7.19. The van der Waals surface area contributed by atoms with E-state index in [4.69, 9.17) is 4.74 Å². The molecule has 24 heavy (non-hydrogen) atoms. The lowest BCUT2D eigenvalue weighted by molar-refractivity contribution is -0.136. The van der Waals surface area contributed by atoms with Crippen LogP contribution in [0.25, 0.3) is 0 Å². The highest BCUT2D eigenvalue weighted by Gasteiger charge is 2.39. The SMILES string of the molecule is O=C([C@@H]1CCO[C@H]1c1ccncc1)N1CCC(CN2CCCC2)C1. The third-order valence-electron chi connectivity index (χ3n) is 5.76. The first-order chi connectivity index (χ1) is 11.8. The Kier molecular flexibility index (Phi) is 4.81. The fraction of sp³-hybridized carbons (Fsp3) is 0.684. The summed E-state index contributed by atoms with van der Waals surface area (Å²) < 4.78 is 5.88. The first kappa shape index (κ1) is 16.0. The molecule has 0 bridgehead atoms. The van der Waals surface area contributed by atoms with E-state index < -0.39 is 0 Å². The van der Waals surface area contributed by atoms with Gasteiger partial charge in [0.25, 0.3) is 0 Å². The minimum Gasteiger partial charge on any atom is -0.373 e. The number of ether oxygens (including phenoxy) is 1. The largest absolute Gasteiger partial charge is 0.373 e. The molecule has 1 amide bonds. The van der Waals surface area contributed by atoms with Gasteiger partial charge in [0, 0.05) is 38.6 Å². The quantitative estimate of drug-likeness (QED) is 0.849. The van der Waals surface area contributed by atoms with Crippen molar-refractivity contribution < 1.29 is 9.53 Å². The molecule has 3 aliphatic rings. The summed E-state index contributed by atoms with van der Waals surface area (Å²) in [7, 11) is 0. The molecule has 0 saturated carbocycles. The zero-order valence-corrected chi connectivity index (χ0v) is 14.3. The standard InChI is InChI=1S/C19H27N3O2/c23-19(17-6-12-24-18(17)16-3-7-20-8-4-16)22-11-5-15(14-22)13-21-9-1-2-10-21/h3-4,7-8,15,17-18H,1-2,5-6,9-14H2/t15?,17-,18+/m1/s1. The Hall–Kier alpha value is -1.46. The lowest BCUT2D eigenvalue weighted by Crippen LogP contribution is -2.36. The molecule has 3 saturated heterocycles. The molecule has 130 valence electrons. The molecule has 1 unspecified atom stereocenters. The number of nitrogens with zero attached hydrogens (tertiary/aromatic N) is 3. The Morgan fingerprint density at radius 3 is 2.75 bits per heavy atom. The molecule has 5 heteroatoms. The molecule has 4 heterocycles. The number of amides is 1. The lowest BCUT2D eigenvalue weighted by atomic mass is 9.94. The maximum absolute atomic E-state index is 13.0. The van der Waals surface area contributed by atoms with E-state index in [0.29, 0.717) is 18.4 Å². The van der Waals surface area contributed by atoms with Crippen LogP contribution in [0.3, 0.4) is 0 Å². The van der Waals surface area contributed by atoms with Crippen LogP contribution in [0.1, 0.15) is 37.4 Å². The van der Waals surface area contributed by atoms with E-state index in [1.54, 1.807) is 12.4 Å². The zero-order chi connectivity index (χ0) is 16.4. The molecule has 0 aromatic carbocycles. The Morgan fingerprint density at radius 1 is 1.17 bits per heavy atom. The minimum absolute atomic E-state index is 0.0297. The topological polar surface area (TPSA) is 45.7 Å². The maximum Gasteiger partial charge on any atom is 0.228 e. The van der Waals surface area contributed by atoms with Crippen molar-refractivity contribution in [1.82, 2.24) is 14.8 Å². The maximum atomic E-state index is 13.0. The van der Waals surface area contributed by atoms with Crippen LogP contribution in [0.15, 0.2) is 24.5 Å². The van der Waals surface area contributed by atoms with Crippen molar-refractivity contribution in [1.29, 1.82) is 0 Å². The third-order valence-corrected chi connectivity index (χ3v) is 5.76. The molecule has 1 aromatic heterocycles. The molecule has 0 spiro atoms. The summed E-state index contributed by atoms with van der Waals surface area (Å²) in [5.41, 5.74) is 1.08. The zero-order valence-electron chi connectivity index (χ0n) is 14.3. The molecule has 5 nitrogen and oxygen atoms in total. The van der Waals surface area contributed by atoms with Gasteiger partial charge in [0.2, 0.25) is 5.91 Å². The monoisotopic (exact) mass is 329 g/mol. The summed E-state index contributed by atoms with van der Waals surface area (Å²) in [6, 6.07) is 3.94. The lowest BCUT2D eigenvalue weighted by Gasteiger charge is -2.25. The molecular formula is C19H27N3O2. The minimum atomic E-state index is -0.0990. The highest BCUT2D eigenvalue weighted by Crippen LogP contribution is 2.36. The number of rotatable bonds is 4. The third kappa shape index (κ3) is 3.33. The number of carbonyl (C=O) groups is 1. The molecular weight excluding hydrogens is 302 g/mol. The van der Waals surface area contributed by atoms with E-state index >= 15 is 0 Å². The van der Waals surface area contributed by atoms with Crippen LogP contribution >= 0.6 is 0 Å². The van der Waals surface area contributed by atoms with Gasteiger partial charge in [0.15, 0.2) is 0 Å². The van der Waals surface area contributed by atoms with Crippen LogP contribution in [-0.4, -0.2) is 60.0 Å². The number of carbonyl (C=O) groups excluding carboxylic acids is 1. The van der Waals surface area contributed by atoms with Crippen molar-refractivity contribution in [2.24, 2.45) is 11.8 Å². The van der Waals surface area contributed by atoms with E-state index in [9.17, 15) is 4.79 Å². The Bertz CT molecular complexity index is 559. The van der Waals surface area contributed by atoms with E-state index in [2.05, 4.69) is 14.8 Å². The summed E-state index contributed by atoms with van der Waals surface area (Å²) in [6.45, 7) is 6.16. The van der Waals surface area contributed by atoms with Crippen LogP contribution in [0, 0.1) is 11.8 Å². The van der Waals surface area contributed by atoms with E-state index in [-0.39, 0.29) is 12.0 Å². The van der Waals surface area contributed by atoms with Crippen molar-refractivity contribution in [3.8, 4) is 0 Å². The number of pyridine rings is 1. The Morgan fingerprint density at radius 2 is 1.96 bits per heavy atom. The first-order valence-electron chi connectivity index (χ1n) is 9.34. The van der Waals surface area contributed by atoms with E-state index in [1.165, 1.54) is 32.5 Å². The molecule has 3 atom stereocenters. The van der Waals surface area contributed by atoms with Gasteiger partial charge in [-0.2, -0.15) is 0 Å². The average molecular weight is 329 g/mol. The highest BCUT2D eigenvalue weighted by molar-refractivity contribution is 5.80. The second-order valence-corrected chi connectivity index (χ2v) is 7.41. The predicted octanol–water partition coefficient (Wildman–Crippen LogP) is 2.10. The fourth-order valence-electron chi connectivity index (χ4n) is 4.47. The number of hydrogen-bond donors (Lipinski definition) is 0. The summed E-state index contributed by atoms with van der Waals surface area (Å²) in [5.74, 6) is 0.907. The molecule has 1 aromatic rings. The molecule has 4 rings (SSSR count). The van der Waals surface area contributed by atoms with Gasteiger partial charge in [-0.1, -0.05) is 0 Å². The van der Waals surface area contributed by atoms with Crippen molar-refractivity contribution >= 4 is 5.91 Å². The summed E-state index contributed by atoms with van der Waals surface area (Å²) in [6.07, 6.45) is 8.11. The van der Waals surface area contributed by atoms with Crippen molar-refractivity contribution in [2.45, 2.75) is 31.8 Å². The Balaban J connectivity index is 1.36. The molecule has 3 aliphatic heterocycles. The van der Waals surface area contributed by atoms with Gasteiger partial charge in [0.05, 0.1) is 12.0 Å². The van der Waals surface area contributed by atoms with Crippen molar-refractivity contribution in [2.75, 3.05) is 39.3 Å². The fourth-order valence-corrected chi connectivity index (χ4v) is 4.47. The van der Waals surface area contributed by atoms with Crippen LogP contribution in [0.5, 0.6) is 0 Å². The summed E-state index contributed by atoms with van der Waals surface area (Å²) in [4.78, 5) is 21.8. The summed E-state index contributed by atoms with van der Waals surface area (Å²) >= 11 is 0. The molecule has 0 aliphatic carbocycles. The predicted molar refractivity (Wildman–Crippen MR) is 91.4 cm³/mol. The van der Waals surface area contributed by atoms with Crippen molar-refractivity contribution in [3.63, 3.8) is 0 Å². The Labute approximate surface area is 144 Å². The van der Waals surface area contributed by atoms with E-state index in [1.807, 2.05) is 12.1 Å². The average Bonchev–Trinajstić information content (AvgIpc) is 3.37. The molecule has 0 radical (unpaired) electrons. The molecule has 0 N–H and O–H groups in total. The van der Waals surface area contributed by atoms with Crippen molar-refractivity contribution in [3.05, 3.63) is 30.1 Å². The van der Waals surface area contributed by atoms with Crippen LogP contribution < -0.4 is 0 Å².